The first kappa shape index (κ1) is 20.2. The van der Waals surface area contributed by atoms with Crippen LogP contribution in [-0.2, 0) is 17.9 Å². The maximum absolute atomic E-state index is 13.6. The SMILES string of the molecule is C[C@@]1(C(=O)NC2CCCCC2)Cn2c(cc3occc32)C(=O)N1Cc1ccc(Cl)cc1. The van der Waals surface area contributed by atoms with Crippen molar-refractivity contribution in [2.45, 2.75) is 63.7 Å². The van der Waals surface area contributed by atoms with Crippen LogP contribution >= 0.6 is 11.6 Å². The Hall–Kier alpha value is -2.73. The van der Waals surface area contributed by atoms with E-state index in [1.165, 1.54) is 6.42 Å². The van der Waals surface area contributed by atoms with E-state index in [1.54, 1.807) is 29.4 Å². The Labute approximate surface area is 186 Å². The lowest BCUT2D eigenvalue weighted by molar-refractivity contribution is -0.134. The molecule has 1 fully saturated rings. The van der Waals surface area contributed by atoms with Gasteiger partial charge in [0, 0.05) is 29.7 Å². The van der Waals surface area contributed by atoms with Crippen molar-refractivity contribution < 1.29 is 14.0 Å². The molecule has 5 rings (SSSR count). The minimum Gasteiger partial charge on any atom is -0.463 e. The van der Waals surface area contributed by atoms with E-state index in [9.17, 15) is 9.59 Å². The average molecular weight is 440 g/mol. The molecule has 0 unspecified atom stereocenters. The van der Waals surface area contributed by atoms with Gasteiger partial charge in [-0.1, -0.05) is 43.0 Å². The summed E-state index contributed by atoms with van der Waals surface area (Å²) in [5, 5.41) is 3.89. The molecule has 0 saturated heterocycles. The Kier molecular flexibility index (Phi) is 5.05. The highest BCUT2D eigenvalue weighted by Gasteiger charge is 2.48. The van der Waals surface area contributed by atoms with E-state index >= 15 is 0 Å². The molecule has 1 aliphatic heterocycles. The highest BCUT2D eigenvalue weighted by Crippen LogP contribution is 2.34. The molecular weight excluding hydrogens is 414 g/mol. The third-order valence-corrected chi connectivity index (χ3v) is 6.98. The Morgan fingerprint density at radius 2 is 1.94 bits per heavy atom. The number of nitrogens with one attached hydrogen (secondary N) is 1. The fraction of sp³-hybridized carbons (Fsp3) is 0.417. The molecule has 3 heterocycles. The molecule has 1 atom stereocenters. The van der Waals surface area contributed by atoms with Crippen molar-refractivity contribution >= 4 is 34.5 Å². The van der Waals surface area contributed by atoms with Crippen molar-refractivity contribution in [1.82, 2.24) is 14.8 Å². The van der Waals surface area contributed by atoms with Gasteiger partial charge in [-0.05, 0) is 37.5 Å². The number of fused-ring (bicyclic) bond motifs is 3. The van der Waals surface area contributed by atoms with Gasteiger partial charge in [0.05, 0.1) is 18.3 Å². The quantitative estimate of drug-likeness (QED) is 0.637. The predicted octanol–water partition coefficient (Wildman–Crippen LogP) is 4.75. The first-order chi connectivity index (χ1) is 15.0. The van der Waals surface area contributed by atoms with E-state index in [2.05, 4.69) is 5.32 Å². The van der Waals surface area contributed by atoms with Crippen LogP contribution in [0.1, 0.15) is 55.1 Å². The van der Waals surface area contributed by atoms with E-state index in [4.69, 9.17) is 16.0 Å². The molecule has 1 saturated carbocycles. The Morgan fingerprint density at radius 3 is 2.68 bits per heavy atom. The molecule has 0 radical (unpaired) electrons. The zero-order valence-corrected chi connectivity index (χ0v) is 18.3. The molecule has 6 nitrogen and oxygen atoms in total. The number of aromatic nitrogens is 1. The van der Waals surface area contributed by atoms with Crippen molar-refractivity contribution in [1.29, 1.82) is 0 Å². The summed E-state index contributed by atoms with van der Waals surface area (Å²) in [5.41, 5.74) is 1.95. The number of rotatable bonds is 4. The van der Waals surface area contributed by atoms with Crippen molar-refractivity contribution in [3.05, 3.63) is 58.9 Å². The van der Waals surface area contributed by atoms with Crippen LogP contribution in [-0.4, -0.2) is 32.9 Å². The van der Waals surface area contributed by atoms with Crippen molar-refractivity contribution in [2.75, 3.05) is 0 Å². The topological polar surface area (TPSA) is 67.5 Å². The monoisotopic (exact) mass is 439 g/mol. The lowest BCUT2D eigenvalue weighted by atomic mass is 9.91. The number of halogens is 1. The van der Waals surface area contributed by atoms with Gasteiger partial charge in [-0.15, -0.1) is 0 Å². The summed E-state index contributed by atoms with van der Waals surface area (Å²) in [6, 6.07) is 11.2. The zero-order chi connectivity index (χ0) is 21.6. The molecule has 0 bridgehead atoms. The summed E-state index contributed by atoms with van der Waals surface area (Å²) in [4.78, 5) is 29.0. The van der Waals surface area contributed by atoms with Gasteiger partial charge in [-0.25, -0.2) is 0 Å². The lowest BCUT2D eigenvalue weighted by Gasteiger charge is -2.44. The molecule has 2 amide bonds. The van der Waals surface area contributed by atoms with E-state index in [0.29, 0.717) is 29.4 Å². The molecule has 0 spiro atoms. The summed E-state index contributed by atoms with van der Waals surface area (Å²) in [5.74, 6) is -0.272. The molecule has 1 aromatic carbocycles. The minimum atomic E-state index is -1.02. The number of amides is 2. The van der Waals surface area contributed by atoms with Crippen molar-refractivity contribution in [3.63, 3.8) is 0 Å². The predicted molar refractivity (Wildman–Crippen MR) is 119 cm³/mol. The van der Waals surface area contributed by atoms with Crippen LogP contribution in [0.5, 0.6) is 0 Å². The number of carbonyl (C=O) groups is 2. The van der Waals surface area contributed by atoms with Gasteiger partial charge in [0.15, 0.2) is 5.58 Å². The molecular formula is C24H26ClN3O3. The third-order valence-electron chi connectivity index (χ3n) is 6.73. The summed E-state index contributed by atoms with van der Waals surface area (Å²) in [6.07, 6.45) is 7.08. The summed E-state index contributed by atoms with van der Waals surface area (Å²) >= 11 is 6.04. The van der Waals surface area contributed by atoms with Crippen LogP contribution in [0.3, 0.4) is 0 Å². The number of hydrogen-bond acceptors (Lipinski definition) is 3. The largest absolute Gasteiger partial charge is 0.463 e. The summed E-state index contributed by atoms with van der Waals surface area (Å²) in [7, 11) is 0. The molecule has 31 heavy (non-hydrogen) atoms. The zero-order valence-electron chi connectivity index (χ0n) is 17.6. The van der Waals surface area contributed by atoms with Gasteiger partial charge >= 0.3 is 0 Å². The number of nitrogens with zero attached hydrogens (tertiary/aromatic N) is 2. The van der Waals surface area contributed by atoms with Gasteiger partial charge in [-0.3, -0.25) is 9.59 Å². The first-order valence-electron chi connectivity index (χ1n) is 10.9. The standard InChI is InChI=1S/C24H26ClN3O3/c1-24(23(30)26-18-5-3-2-4-6-18)15-27-19-11-12-31-21(19)13-20(27)22(29)28(24)14-16-7-9-17(25)10-8-16/h7-13,18H,2-6,14-15H2,1H3,(H,26,30)/t24-/m0/s1. The first-order valence-corrected chi connectivity index (χ1v) is 11.3. The maximum Gasteiger partial charge on any atom is 0.271 e. The van der Waals surface area contributed by atoms with Gasteiger partial charge in [-0.2, -0.15) is 0 Å². The molecule has 3 aromatic rings. The van der Waals surface area contributed by atoms with Crippen molar-refractivity contribution in [3.8, 4) is 0 Å². The Morgan fingerprint density at radius 1 is 1.19 bits per heavy atom. The maximum atomic E-state index is 13.6. The summed E-state index contributed by atoms with van der Waals surface area (Å²) < 4.78 is 7.45. The molecule has 2 aliphatic rings. The Bertz CT molecular complexity index is 1130. The fourth-order valence-corrected chi connectivity index (χ4v) is 5.01. The molecule has 1 N–H and O–H groups in total. The number of hydrogen-bond donors (Lipinski definition) is 1. The normalized spacial score (nSPS) is 22.0. The molecule has 1 aliphatic carbocycles. The highest BCUT2D eigenvalue weighted by atomic mass is 35.5. The minimum absolute atomic E-state index is 0.0993. The second-order valence-corrected chi connectivity index (χ2v) is 9.32. The molecule has 7 heteroatoms. The van der Waals surface area contributed by atoms with Gasteiger partial charge in [0.25, 0.3) is 5.91 Å². The van der Waals surface area contributed by atoms with Crippen molar-refractivity contribution in [2.24, 2.45) is 0 Å². The van der Waals surface area contributed by atoms with Crippen LogP contribution in [0.25, 0.3) is 11.1 Å². The van der Waals surface area contributed by atoms with Crippen LogP contribution in [0.15, 0.2) is 47.1 Å². The van der Waals surface area contributed by atoms with Gasteiger partial charge in [0.2, 0.25) is 5.91 Å². The highest BCUT2D eigenvalue weighted by molar-refractivity contribution is 6.30. The van der Waals surface area contributed by atoms with Crippen LogP contribution in [0, 0.1) is 0 Å². The number of carbonyl (C=O) groups excluding carboxylic acids is 2. The van der Waals surface area contributed by atoms with Gasteiger partial charge < -0.3 is 19.2 Å². The van der Waals surface area contributed by atoms with Gasteiger partial charge in [0.1, 0.15) is 11.2 Å². The average Bonchev–Trinajstić information content (AvgIpc) is 3.36. The van der Waals surface area contributed by atoms with Crippen LogP contribution in [0.2, 0.25) is 5.02 Å². The fourth-order valence-electron chi connectivity index (χ4n) is 4.88. The van der Waals surface area contributed by atoms with E-state index in [1.807, 2.05) is 29.7 Å². The second kappa shape index (κ2) is 7.75. The number of furan rings is 1. The second-order valence-electron chi connectivity index (χ2n) is 8.89. The van der Waals surface area contributed by atoms with E-state index in [-0.39, 0.29) is 17.9 Å². The summed E-state index contributed by atoms with van der Waals surface area (Å²) in [6.45, 7) is 2.58. The number of benzene rings is 1. The third kappa shape index (κ3) is 3.53. The molecule has 2 aromatic heterocycles. The lowest BCUT2D eigenvalue weighted by Crippen LogP contribution is -2.64. The van der Waals surface area contributed by atoms with E-state index in [0.717, 1.165) is 36.8 Å². The van der Waals surface area contributed by atoms with Crippen LogP contribution in [0.4, 0.5) is 0 Å². The van der Waals surface area contributed by atoms with E-state index < -0.39 is 5.54 Å². The van der Waals surface area contributed by atoms with Crippen LogP contribution < -0.4 is 5.32 Å². The molecule has 162 valence electrons. The Balaban J connectivity index is 1.52. The smallest absolute Gasteiger partial charge is 0.271 e.